The van der Waals surface area contributed by atoms with Gasteiger partial charge in [0.15, 0.2) is 0 Å². The van der Waals surface area contributed by atoms with E-state index in [0.717, 1.165) is 16.7 Å². The molecule has 5 heteroatoms. The van der Waals surface area contributed by atoms with Crippen LogP contribution in [0, 0.1) is 0 Å². The van der Waals surface area contributed by atoms with Crippen molar-refractivity contribution in [3.63, 3.8) is 0 Å². The Hall–Kier alpha value is -2.33. The molecule has 0 aliphatic rings. The summed E-state index contributed by atoms with van der Waals surface area (Å²) in [6, 6.07) is 9.73. The van der Waals surface area contributed by atoms with Crippen LogP contribution in [-0.2, 0) is 6.54 Å². The number of aromatic nitrogens is 3. The zero-order valence-electron chi connectivity index (χ0n) is 11.5. The number of ether oxygens (including phenoxy) is 1. The Balaban J connectivity index is 2.01. The minimum absolute atomic E-state index is 0.589. The summed E-state index contributed by atoms with van der Waals surface area (Å²) >= 11 is 6.07. The molecule has 2 aromatic heterocycles. The van der Waals surface area contributed by atoms with Crippen molar-refractivity contribution in [2.24, 2.45) is 0 Å². The number of rotatable bonds is 4. The highest BCUT2D eigenvalue weighted by Crippen LogP contribution is 2.30. The molecule has 0 radical (unpaired) electrons. The van der Waals surface area contributed by atoms with Crippen molar-refractivity contribution in [2.75, 3.05) is 7.11 Å². The number of methoxy groups -OCH3 is 1. The highest BCUT2D eigenvalue weighted by Gasteiger charge is 2.09. The normalized spacial score (nSPS) is 10.6. The Labute approximate surface area is 128 Å². The maximum Gasteiger partial charge on any atom is 0.221 e. The maximum absolute atomic E-state index is 6.07. The van der Waals surface area contributed by atoms with E-state index in [1.165, 1.54) is 0 Å². The van der Waals surface area contributed by atoms with E-state index in [-0.39, 0.29) is 0 Å². The third-order valence-corrected chi connectivity index (χ3v) is 3.40. The van der Waals surface area contributed by atoms with Crippen molar-refractivity contribution in [3.8, 4) is 17.0 Å². The van der Waals surface area contributed by atoms with Crippen molar-refractivity contribution in [3.05, 3.63) is 65.8 Å². The van der Waals surface area contributed by atoms with Crippen LogP contribution in [0.4, 0.5) is 0 Å². The molecule has 0 spiro atoms. The highest BCUT2D eigenvalue weighted by molar-refractivity contribution is 6.30. The van der Waals surface area contributed by atoms with Crippen LogP contribution in [-0.4, -0.2) is 21.6 Å². The lowest BCUT2D eigenvalue weighted by Crippen LogP contribution is -1.99. The van der Waals surface area contributed by atoms with E-state index < -0.39 is 0 Å². The van der Waals surface area contributed by atoms with Crippen LogP contribution >= 0.6 is 11.6 Å². The van der Waals surface area contributed by atoms with Crippen molar-refractivity contribution in [1.29, 1.82) is 0 Å². The second-order valence-electron chi connectivity index (χ2n) is 4.65. The topological polar surface area (TPSA) is 39.9 Å². The third kappa shape index (κ3) is 3.06. The zero-order chi connectivity index (χ0) is 14.7. The minimum atomic E-state index is 0.589. The molecule has 0 saturated carbocycles. The summed E-state index contributed by atoms with van der Waals surface area (Å²) in [5, 5.41) is 0.689. The molecule has 0 amide bonds. The van der Waals surface area contributed by atoms with E-state index in [1.807, 2.05) is 41.2 Å². The smallest absolute Gasteiger partial charge is 0.221 e. The van der Waals surface area contributed by atoms with Gasteiger partial charge < -0.3 is 9.30 Å². The van der Waals surface area contributed by atoms with E-state index in [2.05, 4.69) is 16.0 Å². The predicted molar refractivity (Wildman–Crippen MR) is 82.6 cm³/mol. The molecule has 3 aromatic rings. The number of hydrogen-bond acceptors (Lipinski definition) is 3. The van der Waals surface area contributed by atoms with Crippen LogP contribution in [0.25, 0.3) is 11.1 Å². The van der Waals surface area contributed by atoms with Gasteiger partial charge in [-0.25, -0.2) is 9.97 Å². The molecular weight excluding hydrogens is 286 g/mol. The molecule has 0 saturated heterocycles. The van der Waals surface area contributed by atoms with Gasteiger partial charge in [0.25, 0.3) is 0 Å². The molecule has 21 heavy (non-hydrogen) atoms. The lowest BCUT2D eigenvalue weighted by atomic mass is 10.1. The summed E-state index contributed by atoms with van der Waals surface area (Å²) in [6.45, 7) is 0.713. The molecule has 0 fully saturated rings. The van der Waals surface area contributed by atoms with E-state index >= 15 is 0 Å². The number of pyridine rings is 1. The average Bonchev–Trinajstić information content (AvgIpc) is 3.00. The van der Waals surface area contributed by atoms with Gasteiger partial charge in [0.2, 0.25) is 5.88 Å². The van der Waals surface area contributed by atoms with Crippen molar-refractivity contribution in [1.82, 2.24) is 14.5 Å². The lowest BCUT2D eigenvalue weighted by Gasteiger charge is -2.10. The van der Waals surface area contributed by atoms with Crippen LogP contribution in [0.1, 0.15) is 5.56 Å². The molecule has 3 rings (SSSR count). The van der Waals surface area contributed by atoms with Gasteiger partial charge in [-0.1, -0.05) is 23.7 Å². The van der Waals surface area contributed by atoms with Crippen LogP contribution < -0.4 is 4.74 Å². The Kier molecular flexibility index (Phi) is 3.88. The van der Waals surface area contributed by atoms with Gasteiger partial charge in [0.1, 0.15) is 0 Å². The monoisotopic (exact) mass is 299 g/mol. The summed E-state index contributed by atoms with van der Waals surface area (Å²) in [6.07, 6.45) is 7.27. The van der Waals surface area contributed by atoms with Crippen molar-refractivity contribution >= 4 is 11.6 Å². The first-order valence-corrected chi connectivity index (χ1v) is 6.88. The molecule has 0 aliphatic heterocycles. The molecule has 4 nitrogen and oxygen atoms in total. The average molecular weight is 300 g/mol. The fourth-order valence-electron chi connectivity index (χ4n) is 2.20. The van der Waals surface area contributed by atoms with Gasteiger partial charge in [0.05, 0.1) is 20.0 Å². The first kappa shape index (κ1) is 13.6. The maximum atomic E-state index is 6.07. The van der Waals surface area contributed by atoms with Gasteiger partial charge in [-0.05, 0) is 29.3 Å². The quantitative estimate of drug-likeness (QED) is 0.738. The van der Waals surface area contributed by atoms with Gasteiger partial charge in [-0.2, -0.15) is 0 Å². The van der Waals surface area contributed by atoms with E-state index in [4.69, 9.17) is 16.3 Å². The summed E-state index contributed by atoms with van der Waals surface area (Å²) in [5.74, 6) is 0.589. The van der Waals surface area contributed by atoms with Crippen LogP contribution in [0.5, 0.6) is 5.88 Å². The zero-order valence-corrected chi connectivity index (χ0v) is 12.3. The van der Waals surface area contributed by atoms with Gasteiger partial charge in [-0.15, -0.1) is 0 Å². The van der Waals surface area contributed by atoms with Gasteiger partial charge in [-0.3, -0.25) is 0 Å². The van der Waals surface area contributed by atoms with Crippen LogP contribution in [0.2, 0.25) is 5.02 Å². The van der Waals surface area contributed by atoms with E-state index in [1.54, 1.807) is 19.6 Å². The molecule has 0 aliphatic carbocycles. The number of hydrogen-bond donors (Lipinski definition) is 0. The highest BCUT2D eigenvalue weighted by atomic mass is 35.5. The standard InChI is InChI=1S/C16H14ClN3O/c1-21-16-15(13-3-2-4-14(17)8-13)7-12(9-19-16)10-20-6-5-18-11-20/h2-9,11H,10H2,1H3. The summed E-state index contributed by atoms with van der Waals surface area (Å²) in [7, 11) is 1.62. The Bertz CT molecular complexity index is 741. The first-order valence-electron chi connectivity index (χ1n) is 6.51. The number of halogens is 1. The molecule has 1 aromatic carbocycles. The summed E-state index contributed by atoms with van der Waals surface area (Å²) in [5.41, 5.74) is 2.99. The Morgan fingerprint density at radius 3 is 2.90 bits per heavy atom. The van der Waals surface area contributed by atoms with Crippen LogP contribution in [0.15, 0.2) is 55.2 Å². The Morgan fingerprint density at radius 1 is 1.29 bits per heavy atom. The molecule has 0 unspecified atom stereocenters. The second-order valence-corrected chi connectivity index (χ2v) is 5.08. The first-order chi connectivity index (χ1) is 10.3. The predicted octanol–water partition coefficient (Wildman–Crippen LogP) is 3.66. The number of benzene rings is 1. The third-order valence-electron chi connectivity index (χ3n) is 3.16. The second kappa shape index (κ2) is 5.97. The fourth-order valence-corrected chi connectivity index (χ4v) is 2.39. The van der Waals surface area contributed by atoms with Gasteiger partial charge in [0, 0.05) is 29.2 Å². The molecule has 0 atom stereocenters. The molecule has 106 valence electrons. The molecule has 0 N–H and O–H groups in total. The molecular formula is C16H14ClN3O. The van der Waals surface area contributed by atoms with Gasteiger partial charge >= 0.3 is 0 Å². The summed E-state index contributed by atoms with van der Waals surface area (Å²) < 4.78 is 7.35. The number of imidazole rings is 1. The van der Waals surface area contributed by atoms with Crippen LogP contribution in [0.3, 0.4) is 0 Å². The lowest BCUT2D eigenvalue weighted by molar-refractivity contribution is 0.399. The Morgan fingerprint density at radius 2 is 2.19 bits per heavy atom. The molecule has 2 heterocycles. The number of nitrogens with zero attached hydrogens (tertiary/aromatic N) is 3. The van der Waals surface area contributed by atoms with E-state index in [9.17, 15) is 0 Å². The van der Waals surface area contributed by atoms with Crippen molar-refractivity contribution in [2.45, 2.75) is 6.54 Å². The van der Waals surface area contributed by atoms with E-state index in [0.29, 0.717) is 17.4 Å². The summed E-state index contributed by atoms with van der Waals surface area (Å²) in [4.78, 5) is 8.43. The molecule has 0 bridgehead atoms. The SMILES string of the molecule is COc1ncc(Cn2ccnc2)cc1-c1cccc(Cl)c1. The fraction of sp³-hybridized carbons (Fsp3) is 0.125. The van der Waals surface area contributed by atoms with Crippen molar-refractivity contribution < 1.29 is 4.74 Å². The minimum Gasteiger partial charge on any atom is -0.481 e. The largest absolute Gasteiger partial charge is 0.481 e.